The third-order valence-corrected chi connectivity index (χ3v) is 2.24. The van der Waals surface area contributed by atoms with Crippen molar-refractivity contribution in [3.05, 3.63) is 0 Å². The number of carbonyl (C=O) groups is 1. The zero-order valence-corrected chi connectivity index (χ0v) is 9.77. The Kier molecular flexibility index (Phi) is 7.29. The van der Waals surface area contributed by atoms with Gasteiger partial charge in [0, 0.05) is 13.1 Å². The quantitative estimate of drug-likeness (QED) is 0.682. The van der Waals surface area contributed by atoms with Crippen LogP contribution in [0.5, 0.6) is 0 Å². The predicted molar refractivity (Wildman–Crippen MR) is 58.8 cm³/mol. The fraction of sp³-hybridized carbons (Fsp3) is 0.900. The summed E-state index contributed by atoms with van der Waals surface area (Å²) in [5, 5.41) is 8.23. The maximum Gasteiger partial charge on any atom is 0.320 e. The van der Waals surface area contributed by atoms with Gasteiger partial charge in [-0.25, -0.2) is 0 Å². The van der Waals surface area contributed by atoms with E-state index in [1.165, 1.54) is 0 Å². The molecule has 15 heavy (non-hydrogen) atoms. The van der Waals surface area contributed by atoms with Crippen LogP contribution in [0.1, 0.15) is 13.8 Å². The maximum absolute atomic E-state index is 10.0. The fourth-order valence-corrected chi connectivity index (χ4v) is 0.940. The highest BCUT2D eigenvalue weighted by molar-refractivity contribution is 5.73. The number of rotatable bonds is 2. The first-order chi connectivity index (χ1) is 6.95. The number of ether oxygens (including phenoxy) is 1. The van der Waals surface area contributed by atoms with Crippen molar-refractivity contribution in [2.45, 2.75) is 19.9 Å². The minimum absolute atomic E-state index is 0.0208. The Morgan fingerprint density at radius 2 is 1.87 bits per heavy atom. The molecule has 5 nitrogen and oxygen atoms in total. The normalized spacial score (nSPS) is 19.3. The lowest BCUT2D eigenvalue weighted by atomic mass is 10.1. The van der Waals surface area contributed by atoms with Gasteiger partial charge in [0.25, 0.3) is 0 Å². The highest BCUT2D eigenvalue weighted by atomic mass is 16.5. The summed E-state index contributed by atoms with van der Waals surface area (Å²) in [4.78, 5) is 12.3. The average molecular weight is 218 g/mol. The number of nitrogens with two attached hydrogens (primary N) is 1. The van der Waals surface area contributed by atoms with Gasteiger partial charge in [0.1, 0.15) is 6.04 Å². The van der Waals surface area contributed by atoms with E-state index in [1.807, 2.05) is 0 Å². The fourth-order valence-electron chi connectivity index (χ4n) is 0.940. The molecule has 0 aromatic heterocycles. The van der Waals surface area contributed by atoms with Gasteiger partial charge in [0.05, 0.1) is 13.2 Å². The Morgan fingerprint density at radius 1 is 1.40 bits per heavy atom. The molecule has 0 amide bonds. The summed E-state index contributed by atoms with van der Waals surface area (Å²) in [5.74, 6) is -0.910. The molecule has 0 radical (unpaired) electrons. The van der Waals surface area contributed by atoms with Crippen molar-refractivity contribution in [2.75, 3.05) is 33.4 Å². The molecule has 1 aliphatic heterocycles. The summed E-state index contributed by atoms with van der Waals surface area (Å²) >= 11 is 0. The zero-order chi connectivity index (χ0) is 11.8. The summed E-state index contributed by atoms with van der Waals surface area (Å²) < 4.78 is 5.10. The number of likely N-dealkylation sites (N-methyl/N-ethyl adjacent to an activating group) is 1. The number of carboxylic acids is 1. The zero-order valence-electron chi connectivity index (χ0n) is 9.77. The number of hydrogen-bond acceptors (Lipinski definition) is 4. The summed E-state index contributed by atoms with van der Waals surface area (Å²) in [6, 6.07) is -0.713. The Hall–Kier alpha value is -0.650. The number of morpholine rings is 1. The topological polar surface area (TPSA) is 75.8 Å². The molecule has 1 aliphatic rings. The highest BCUT2D eigenvalue weighted by Crippen LogP contribution is 1.96. The first-order valence-electron chi connectivity index (χ1n) is 5.19. The van der Waals surface area contributed by atoms with Crippen molar-refractivity contribution in [1.29, 1.82) is 0 Å². The van der Waals surface area contributed by atoms with Crippen LogP contribution in [-0.2, 0) is 9.53 Å². The van der Waals surface area contributed by atoms with Gasteiger partial charge in [0.2, 0.25) is 0 Å². The van der Waals surface area contributed by atoms with Crippen molar-refractivity contribution in [3.63, 3.8) is 0 Å². The summed E-state index contributed by atoms with van der Waals surface area (Å²) in [5.41, 5.74) is 5.16. The minimum atomic E-state index is -0.931. The SMILES string of the molecule is CC(C)C(N)C(=O)O.CN1CCOCC1. The van der Waals surface area contributed by atoms with Gasteiger partial charge in [0.15, 0.2) is 0 Å². The van der Waals surface area contributed by atoms with Crippen LogP contribution in [0.25, 0.3) is 0 Å². The highest BCUT2D eigenvalue weighted by Gasteiger charge is 2.14. The molecule has 0 aromatic carbocycles. The van der Waals surface area contributed by atoms with Crippen LogP contribution in [0.2, 0.25) is 0 Å². The molecule has 1 atom stereocenters. The van der Waals surface area contributed by atoms with Gasteiger partial charge < -0.3 is 20.5 Å². The summed E-state index contributed by atoms with van der Waals surface area (Å²) in [7, 11) is 2.11. The molecule has 0 aromatic rings. The molecule has 0 saturated carbocycles. The molecule has 3 N–H and O–H groups in total. The monoisotopic (exact) mass is 218 g/mol. The Balaban J connectivity index is 0.000000262. The van der Waals surface area contributed by atoms with Crippen LogP contribution < -0.4 is 5.73 Å². The lowest BCUT2D eigenvalue weighted by molar-refractivity contribution is -0.139. The first kappa shape index (κ1) is 14.3. The van der Waals surface area contributed by atoms with E-state index in [9.17, 15) is 4.79 Å². The van der Waals surface area contributed by atoms with E-state index < -0.39 is 12.0 Å². The molecule has 1 saturated heterocycles. The molecule has 5 heteroatoms. The maximum atomic E-state index is 10.0. The van der Waals surface area contributed by atoms with Crippen LogP contribution in [0.15, 0.2) is 0 Å². The van der Waals surface area contributed by atoms with Gasteiger partial charge in [-0.15, -0.1) is 0 Å². The Bertz CT molecular complexity index is 180. The van der Waals surface area contributed by atoms with E-state index in [-0.39, 0.29) is 5.92 Å². The molecule has 0 aliphatic carbocycles. The molecule has 0 spiro atoms. The van der Waals surface area contributed by atoms with Gasteiger partial charge in [-0.05, 0) is 13.0 Å². The van der Waals surface area contributed by atoms with E-state index in [1.54, 1.807) is 13.8 Å². The molecule has 90 valence electrons. The van der Waals surface area contributed by atoms with Crippen LogP contribution in [0.4, 0.5) is 0 Å². The minimum Gasteiger partial charge on any atom is -0.480 e. The number of aliphatic carboxylic acids is 1. The van der Waals surface area contributed by atoms with Crippen molar-refractivity contribution in [2.24, 2.45) is 11.7 Å². The van der Waals surface area contributed by atoms with Crippen LogP contribution in [0, 0.1) is 5.92 Å². The lowest BCUT2D eigenvalue weighted by Gasteiger charge is -2.21. The third-order valence-electron chi connectivity index (χ3n) is 2.24. The average Bonchev–Trinajstić information content (AvgIpc) is 2.18. The van der Waals surface area contributed by atoms with Crippen molar-refractivity contribution in [3.8, 4) is 0 Å². The molecule has 0 bridgehead atoms. The molecule has 1 heterocycles. The second kappa shape index (κ2) is 7.62. The molecule has 1 fully saturated rings. The first-order valence-corrected chi connectivity index (χ1v) is 5.19. The smallest absolute Gasteiger partial charge is 0.320 e. The number of hydrogen-bond donors (Lipinski definition) is 2. The second-order valence-corrected chi connectivity index (χ2v) is 4.02. The van der Waals surface area contributed by atoms with E-state index in [2.05, 4.69) is 11.9 Å². The van der Waals surface area contributed by atoms with E-state index in [0.29, 0.717) is 0 Å². The van der Waals surface area contributed by atoms with E-state index in [0.717, 1.165) is 26.3 Å². The van der Waals surface area contributed by atoms with E-state index in [4.69, 9.17) is 15.6 Å². The van der Waals surface area contributed by atoms with Crippen LogP contribution >= 0.6 is 0 Å². The van der Waals surface area contributed by atoms with Crippen LogP contribution in [-0.4, -0.2) is 55.4 Å². The molecule has 1 rings (SSSR count). The number of carboxylic acid groups (broad SMARTS) is 1. The predicted octanol–water partition coefficient (Wildman–Crippen LogP) is 0.00270. The van der Waals surface area contributed by atoms with Gasteiger partial charge >= 0.3 is 5.97 Å². The van der Waals surface area contributed by atoms with Gasteiger partial charge in [-0.3, -0.25) is 4.79 Å². The Labute approximate surface area is 91.2 Å². The standard InChI is InChI=1S/C5H11NO2.C5H11NO/c1-3(2)4(6)5(7)8;1-6-2-4-7-5-3-6/h3-4H,6H2,1-2H3,(H,7,8);2-5H2,1H3. The lowest BCUT2D eigenvalue weighted by Crippen LogP contribution is -2.34. The summed E-state index contributed by atoms with van der Waals surface area (Å²) in [6.07, 6.45) is 0. The largest absolute Gasteiger partial charge is 0.480 e. The molecule has 1 unspecified atom stereocenters. The van der Waals surface area contributed by atoms with Gasteiger partial charge in [-0.2, -0.15) is 0 Å². The molecular formula is C10H22N2O3. The van der Waals surface area contributed by atoms with Crippen molar-refractivity contribution >= 4 is 5.97 Å². The van der Waals surface area contributed by atoms with Crippen LogP contribution in [0.3, 0.4) is 0 Å². The second-order valence-electron chi connectivity index (χ2n) is 4.02. The summed E-state index contributed by atoms with van der Waals surface area (Å²) in [6.45, 7) is 7.57. The van der Waals surface area contributed by atoms with Crippen molar-refractivity contribution < 1.29 is 14.6 Å². The number of nitrogens with zero attached hydrogens (tertiary/aromatic N) is 1. The van der Waals surface area contributed by atoms with Gasteiger partial charge in [-0.1, -0.05) is 13.8 Å². The third kappa shape index (κ3) is 7.30. The Morgan fingerprint density at radius 3 is 2.00 bits per heavy atom. The van der Waals surface area contributed by atoms with Crippen molar-refractivity contribution in [1.82, 2.24) is 4.90 Å². The van der Waals surface area contributed by atoms with E-state index >= 15 is 0 Å². The molecular weight excluding hydrogens is 196 g/mol.